The topological polar surface area (TPSA) is 22.1 Å². The maximum atomic E-state index is 5.94. The standard InChI is InChI=1S/C16H14ClNOS/c1-10-3-6-15(19-2)18-16(10)13-9-20-14-5-4-11(8-17)7-12(13)14/h3-7,9H,8H2,1-2H3. The van der Waals surface area contributed by atoms with Crippen molar-refractivity contribution in [1.82, 2.24) is 4.98 Å². The van der Waals surface area contributed by atoms with Crippen LogP contribution in [0.15, 0.2) is 35.7 Å². The summed E-state index contributed by atoms with van der Waals surface area (Å²) in [5.74, 6) is 1.16. The lowest BCUT2D eigenvalue weighted by Gasteiger charge is -2.07. The number of alkyl halides is 1. The third kappa shape index (κ3) is 2.28. The number of benzene rings is 1. The minimum absolute atomic E-state index is 0.524. The quantitative estimate of drug-likeness (QED) is 0.634. The Morgan fingerprint density at radius 2 is 2.10 bits per heavy atom. The van der Waals surface area contributed by atoms with Crippen LogP contribution in [0.25, 0.3) is 21.3 Å². The van der Waals surface area contributed by atoms with Gasteiger partial charge >= 0.3 is 0 Å². The molecule has 1 aromatic carbocycles. The second kappa shape index (κ2) is 5.43. The van der Waals surface area contributed by atoms with Crippen LogP contribution in [0.2, 0.25) is 0 Å². The van der Waals surface area contributed by atoms with Crippen LogP contribution < -0.4 is 4.74 Å². The van der Waals surface area contributed by atoms with Crippen molar-refractivity contribution in [3.63, 3.8) is 0 Å². The van der Waals surface area contributed by atoms with Crippen molar-refractivity contribution in [2.75, 3.05) is 7.11 Å². The summed E-state index contributed by atoms with van der Waals surface area (Å²) in [6, 6.07) is 10.3. The van der Waals surface area contributed by atoms with E-state index in [0.717, 1.165) is 22.4 Å². The highest BCUT2D eigenvalue weighted by atomic mass is 35.5. The molecule has 3 aromatic rings. The lowest BCUT2D eigenvalue weighted by Crippen LogP contribution is -1.92. The second-order valence-corrected chi connectivity index (χ2v) is 5.81. The van der Waals surface area contributed by atoms with Gasteiger partial charge in [-0.15, -0.1) is 22.9 Å². The highest BCUT2D eigenvalue weighted by Gasteiger charge is 2.12. The van der Waals surface area contributed by atoms with E-state index < -0.39 is 0 Å². The number of rotatable bonds is 3. The van der Waals surface area contributed by atoms with Crippen molar-refractivity contribution < 1.29 is 4.74 Å². The highest BCUT2D eigenvalue weighted by molar-refractivity contribution is 7.17. The van der Waals surface area contributed by atoms with Crippen molar-refractivity contribution in [3.05, 3.63) is 46.8 Å². The van der Waals surface area contributed by atoms with E-state index in [1.54, 1.807) is 18.4 Å². The first-order chi connectivity index (χ1) is 9.72. The third-order valence-corrected chi connectivity index (χ3v) is 4.60. The van der Waals surface area contributed by atoms with Crippen molar-refractivity contribution in [1.29, 1.82) is 0 Å². The molecule has 0 aliphatic carbocycles. The average molecular weight is 304 g/mol. The van der Waals surface area contributed by atoms with Crippen LogP contribution in [0.3, 0.4) is 0 Å². The van der Waals surface area contributed by atoms with Crippen LogP contribution in [-0.2, 0) is 5.88 Å². The van der Waals surface area contributed by atoms with Gasteiger partial charge in [0.25, 0.3) is 0 Å². The molecule has 0 aliphatic rings. The van der Waals surface area contributed by atoms with Crippen LogP contribution in [0.1, 0.15) is 11.1 Å². The molecule has 0 spiro atoms. The number of aryl methyl sites for hydroxylation is 1. The van der Waals surface area contributed by atoms with E-state index in [-0.39, 0.29) is 0 Å². The van der Waals surface area contributed by atoms with Crippen LogP contribution in [0, 0.1) is 6.92 Å². The van der Waals surface area contributed by atoms with Gasteiger partial charge in [0.05, 0.1) is 12.8 Å². The predicted molar refractivity (Wildman–Crippen MR) is 85.9 cm³/mol. The monoisotopic (exact) mass is 303 g/mol. The molecule has 20 heavy (non-hydrogen) atoms. The number of nitrogens with zero attached hydrogens (tertiary/aromatic N) is 1. The summed E-state index contributed by atoms with van der Waals surface area (Å²) in [5.41, 5.74) is 4.39. The van der Waals surface area contributed by atoms with Gasteiger partial charge in [-0.25, -0.2) is 4.98 Å². The van der Waals surface area contributed by atoms with E-state index in [0.29, 0.717) is 11.8 Å². The van der Waals surface area contributed by atoms with Gasteiger partial charge in [0.1, 0.15) is 0 Å². The maximum absolute atomic E-state index is 5.94. The normalized spacial score (nSPS) is 10.9. The van der Waals surface area contributed by atoms with Crippen LogP contribution in [-0.4, -0.2) is 12.1 Å². The number of pyridine rings is 1. The molecule has 102 valence electrons. The fourth-order valence-electron chi connectivity index (χ4n) is 2.24. The molecule has 0 atom stereocenters. The number of hydrogen-bond acceptors (Lipinski definition) is 3. The van der Waals surface area contributed by atoms with Gasteiger partial charge in [-0.05, 0) is 30.2 Å². The molecule has 0 N–H and O–H groups in total. The summed E-state index contributed by atoms with van der Waals surface area (Å²) < 4.78 is 6.48. The lowest BCUT2D eigenvalue weighted by molar-refractivity contribution is 0.398. The largest absolute Gasteiger partial charge is 0.481 e. The third-order valence-electron chi connectivity index (χ3n) is 3.33. The van der Waals surface area contributed by atoms with E-state index in [4.69, 9.17) is 16.3 Å². The zero-order valence-corrected chi connectivity index (χ0v) is 12.9. The summed E-state index contributed by atoms with van der Waals surface area (Å²) in [6.45, 7) is 2.07. The van der Waals surface area contributed by atoms with E-state index in [1.165, 1.54) is 10.1 Å². The molecular weight excluding hydrogens is 290 g/mol. The summed E-state index contributed by atoms with van der Waals surface area (Å²) in [5, 5.41) is 3.36. The Bertz CT molecular complexity index is 766. The molecule has 0 amide bonds. The first-order valence-electron chi connectivity index (χ1n) is 6.31. The Morgan fingerprint density at radius 1 is 1.25 bits per heavy atom. The number of aromatic nitrogens is 1. The molecule has 0 unspecified atom stereocenters. The molecule has 0 aliphatic heterocycles. The van der Waals surface area contributed by atoms with Gasteiger partial charge in [0.15, 0.2) is 0 Å². The number of halogens is 1. The van der Waals surface area contributed by atoms with Crippen LogP contribution >= 0.6 is 22.9 Å². The van der Waals surface area contributed by atoms with Crippen molar-refractivity contribution in [2.45, 2.75) is 12.8 Å². The van der Waals surface area contributed by atoms with Crippen molar-refractivity contribution in [2.24, 2.45) is 0 Å². The van der Waals surface area contributed by atoms with E-state index in [9.17, 15) is 0 Å². The summed E-state index contributed by atoms with van der Waals surface area (Å²) in [7, 11) is 1.64. The van der Waals surface area contributed by atoms with E-state index in [1.807, 2.05) is 12.1 Å². The molecule has 2 heterocycles. The molecule has 0 saturated heterocycles. The number of methoxy groups -OCH3 is 1. The van der Waals surface area contributed by atoms with Crippen LogP contribution in [0.4, 0.5) is 0 Å². The SMILES string of the molecule is COc1ccc(C)c(-c2csc3ccc(CCl)cc23)n1. The van der Waals surface area contributed by atoms with Gasteiger partial charge in [0, 0.05) is 33.0 Å². The molecule has 0 bridgehead atoms. The van der Waals surface area contributed by atoms with Gasteiger partial charge in [-0.2, -0.15) is 0 Å². The molecule has 2 aromatic heterocycles. The Balaban J connectivity index is 2.23. The average Bonchev–Trinajstić information content (AvgIpc) is 2.90. The van der Waals surface area contributed by atoms with Gasteiger partial charge in [0.2, 0.25) is 5.88 Å². The fraction of sp³-hybridized carbons (Fsp3) is 0.188. The fourth-order valence-corrected chi connectivity index (χ4v) is 3.33. The number of thiophene rings is 1. The lowest BCUT2D eigenvalue weighted by atomic mass is 10.0. The van der Waals surface area contributed by atoms with Crippen molar-refractivity contribution >= 4 is 33.0 Å². The smallest absolute Gasteiger partial charge is 0.213 e. The first-order valence-corrected chi connectivity index (χ1v) is 7.72. The molecular formula is C16H14ClNOS. The summed E-state index contributed by atoms with van der Waals surface area (Å²) in [4.78, 5) is 4.59. The number of hydrogen-bond donors (Lipinski definition) is 0. The summed E-state index contributed by atoms with van der Waals surface area (Å²) in [6.07, 6.45) is 0. The van der Waals surface area contributed by atoms with Crippen LogP contribution in [0.5, 0.6) is 5.88 Å². The Kier molecular flexibility index (Phi) is 3.64. The van der Waals surface area contributed by atoms with Gasteiger partial charge in [-0.3, -0.25) is 0 Å². The van der Waals surface area contributed by atoms with Crippen molar-refractivity contribution in [3.8, 4) is 17.1 Å². The molecule has 2 nitrogen and oxygen atoms in total. The molecule has 0 fully saturated rings. The zero-order chi connectivity index (χ0) is 14.1. The molecule has 4 heteroatoms. The minimum Gasteiger partial charge on any atom is -0.481 e. The highest BCUT2D eigenvalue weighted by Crippen LogP contribution is 2.36. The van der Waals surface area contributed by atoms with Gasteiger partial charge < -0.3 is 4.74 Å². The number of fused-ring (bicyclic) bond motifs is 1. The number of ether oxygens (including phenoxy) is 1. The van der Waals surface area contributed by atoms with E-state index in [2.05, 4.69) is 35.5 Å². The zero-order valence-electron chi connectivity index (χ0n) is 11.3. The Labute approximate surface area is 127 Å². The molecule has 0 saturated carbocycles. The Morgan fingerprint density at radius 3 is 2.85 bits per heavy atom. The van der Waals surface area contributed by atoms with Gasteiger partial charge in [-0.1, -0.05) is 12.1 Å². The molecule has 0 radical (unpaired) electrons. The maximum Gasteiger partial charge on any atom is 0.213 e. The van der Waals surface area contributed by atoms with E-state index >= 15 is 0 Å². The Hall–Kier alpha value is -1.58. The summed E-state index contributed by atoms with van der Waals surface area (Å²) >= 11 is 7.67. The first kappa shape index (κ1) is 13.4. The second-order valence-electron chi connectivity index (χ2n) is 4.63. The minimum atomic E-state index is 0.524. The predicted octanol–water partition coefficient (Wildman–Crippen LogP) is 5.02. The molecule has 3 rings (SSSR count).